The van der Waals surface area contributed by atoms with Crippen LogP contribution in [0, 0.1) is 4.91 Å². The predicted octanol–water partition coefficient (Wildman–Crippen LogP) is 0.532. The van der Waals surface area contributed by atoms with Crippen molar-refractivity contribution in [3.8, 4) is 0 Å². The van der Waals surface area contributed by atoms with E-state index in [9.17, 15) is 9.70 Å². The second kappa shape index (κ2) is 5.22. The fraction of sp³-hybridized carbons (Fsp3) is 0.800. The maximum atomic E-state index is 10.8. The molecule has 0 bridgehead atoms. The lowest BCUT2D eigenvalue weighted by Gasteiger charge is -2.12. The van der Waals surface area contributed by atoms with Crippen molar-refractivity contribution in [1.82, 2.24) is 4.90 Å². The Kier molecular flexibility index (Phi) is 4.92. The Morgan fingerprint density at radius 1 is 1.70 bits per heavy atom. The smallest absolute Gasteiger partial charge is 0.248 e. The number of likely N-dealkylation sites (N-methyl/N-ethyl adjacent to an activating group) is 1. The molecule has 0 heterocycles. The molecule has 0 radical (unpaired) electrons. The van der Waals surface area contributed by atoms with Gasteiger partial charge in [-0.15, -0.1) is 11.8 Å². The molecule has 0 saturated heterocycles. The van der Waals surface area contributed by atoms with E-state index in [0.29, 0.717) is 5.88 Å². The Morgan fingerprint density at radius 2 is 2.30 bits per heavy atom. The largest absolute Gasteiger partial charge is 0.335 e. The van der Waals surface area contributed by atoms with Crippen LogP contribution in [-0.2, 0) is 4.79 Å². The third-order valence-corrected chi connectivity index (χ3v) is 1.59. The average molecular weight is 162 g/mol. The number of thioether (sulfide) groups is 1. The maximum absolute atomic E-state index is 10.8. The molecule has 1 amide bonds. The highest BCUT2D eigenvalue weighted by Gasteiger charge is 2.05. The molecule has 5 heteroatoms. The average Bonchev–Trinajstić information content (AvgIpc) is 1.89. The van der Waals surface area contributed by atoms with Crippen LogP contribution in [0.3, 0.4) is 0 Å². The number of nitroso groups, excluding NO2 is 1. The molecule has 4 nitrogen and oxygen atoms in total. The standard InChI is InChI=1S/C5H10N2O2S/c1-7(4-10-2)5(8)3-6-9/h3-4H2,1-2H3. The first-order chi connectivity index (χ1) is 4.72. The molecule has 0 aromatic rings. The monoisotopic (exact) mass is 162 g/mol. The summed E-state index contributed by atoms with van der Waals surface area (Å²) in [5, 5.41) is 2.49. The van der Waals surface area contributed by atoms with Crippen LogP contribution in [0.1, 0.15) is 0 Å². The summed E-state index contributed by atoms with van der Waals surface area (Å²) < 4.78 is 0. The lowest BCUT2D eigenvalue weighted by Crippen LogP contribution is -2.27. The van der Waals surface area contributed by atoms with Crippen molar-refractivity contribution in [3.63, 3.8) is 0 Å². The first-order valence-electron chi connectivity index (χ1n) is 2.74. The first-order valence-corrected chi connectivity index (χ1v) is 4.13. The normalized spacial score (nSPS) is 9.00. The predicted molar refractivity (Wildman–Crippen MR) is 41.8 cm³/mol. The van der Waals surface area contributed by atoms with Crippen LogP contribution in [0.2, 0.25) is 0 Å². The fourth-order valence-electron chi connectivity index (χ4n) is 0.442. The van der Waals surface area contributed by atoms with Gasteiger partial charge in [0, 0.05) is 7.05 Å². The Hall–Kier alpha value is -0.580. The molecule has 0 fully saturated rings. The van der Waals surface area contributed by atoms with Gasteiger partial charge in [-0.1, -0.05) is 5.18 Å². The highest BCUT2D eigenvalue weighted by molar-refractivity contribution is 7.98. The van der Waals surface area contributed by atoms with Gasteiger partial charge in [-0.25, -0.2) is 0 Å². The summed E-state index contributed by atoms with van der Waals surface area (Å²) in [6.07, 6.45) is 1.89. The maximum Gasteiger partial charge on any atom is 0.248 e. The van der Waals surface area contributed by atoms with Crippen LogP contribution in [0.25, 0.3) is 0 Å². The van der Waals surface area contributed by atoms with Crippen LogP contribution in [0.4, 0.5) is 0 Å². The topological polar surface area (TPSA) is 49.7 Å². The van der Waals surface area contributed by atoms with Crippen molar-refractivity contribution in [2.24, 2.45) is 5.18 Å². The van der Waals surface area contributed by atoms with Gasteiger partial charge in [0.2, 0.25) is 5.91 Å². The van der Waals surface area contributed by atoms with Crippen LogP contribution < -0.4 is 0 Å². The summed E-state index contributed by atoms with van der Waals surface area (Å²) in [5.41, 5.74) is 0. The Bertz CT molecular complexity index is 129. The molecule has 0 N–H and O–H groups in total. The highest BCUT2D eigenvalue weighted by Crippen LogP contribution is 1.95. The molecule has 0 aliphatic carbocycles. The molecule has 0 aliphatic rings. The molecule has 0 unspecified atom stereocenters. The van der Waals surface area contributed by atoms with E-state index in [2.05, 4.69) is 5.18 Å². The van der Waals surface area contributed by atoms with E-state index in [0.717, 1.165) is 0 Å². The van der Waals surface area contributed by atoms with E-state index in [-0.39, 0.29) is 12.5 Å². The van der Waals surface area contributed by atoms with E-state index < -0.39 is 0 Å². The van der Waals surface area contributed by atoms with Gasteiger partial charge in [-0.05, 0) is 6.26 Å². The summed E-state index contributed by atoms with van der Waals surface area (Å²) in [6.45, 7) is -0.253. The third kappa shape index (κ3) is 3.45. The molecule has 0 atom stereocenters. The summed E-state index contributed by atoms with van der Waals surface area (Å²) >= 11 is 1.53. The number of rotatable bonds is 4. The molecule has 0 rings (SSSR count). The Balaban J connectivity index is 3.58. The van der Waals surface area contributed by atoms with Crippen molar-refractivity contribution in [1.29, 1.82) is 0 Å². The fourth-order valence-corrected chi connectivity index (χ4v) is 0.973. The van der Waals surface area contributed by atoms with Crippen molar-refractivity contribution < 1.29 is 4.79 Å². The molecule has 58 valence electrons. The van der Waals surface area contributed by atoms with Gasteiger partial charge >= 0.3 is 0 Å². The van der Waals surface area contributed by atoms with Gasteiger partial charge < -0.3 is 4.90 Å². The van der Waals surface area contributed by atoms with E-state index in [4.69, 9.17) is 0 Å². The van der Waals surface area contributed by atoms with Crippen molar-refractivity contribution >= 4 is 17.7 Å². The second-order valence-corrected chi connectivity index (χ2v) is 2.63. The molecular formula is C5H10N2O2S. The summed E-state index contributed by atoms with van der Waals surface area (Å²) in [4.78, 5) is 21.8. The van der Waals surface area contributed by atoms with Crippen molar-refractivity contribution in [2.75, 3.05) is 25.7 Å². The number of carbonyl (C=O) groups is 1. The zero-order valence-corrected chi connectivity index (χ0v) is 6.85. The molecule has 0 aromatic carbocycles. The van der Waals surface area contributed by atoms with Gasteiger partial charge in [0.05, 0.1) is 5.88 Å². The highest BCUT2D eigenvalue weighted by atomic mass is 32.2. The van der Waals surface area contributed by atoms with E-state index in [1.807, 2.05) is 6.26 Å². The van der Waals surface area contributed by atoms with Gasteiger partial charge in [0.25, 0.3) is 0 Å². The summed E-state index contributed by atoms with van der Waals surface area (Å²) in [7, 11) is 1.64. The van der Waals surface area contributed by atoms with Crippen LogP contribution >= 0.6 is 11.8 Å². The molecule has 0 saturated carbocycles. The minimum absolute atomic E-state index is 0.232. The second-order valence-electron chi connectivity index (χ2n) is 1.80. The van der Waals surface area contributed by atoms with E-state index in [1.165, 1.54) is 16.7 Å². The van der Waals surface area contributed by atoms with E-state index in [1.54, 1.807) is 7.05 Å². The SMILES string of the molecule is CSCN(C)C(=O)CN=O. The quantitative estimate of drug-likeness (QED) is 0.447. The first kappa shape index (κ1) is 9.42. The zero-order chi connectivity index (χ0) is 7.98. The number of nitrogens with zero attached hydrogens (tertiary/aromatic N) is 2. The van der Waals surface area contributed by atoms with Crippen LogP contribution in [-0.4, -0.2) is 36.5 Å². The Labute approximate surface area is 63.9 Å². The number of hydrogen-bond donors (Lipinski definition) is 0. The van der Waals surface area contributed by atoms with Gasteiger partial charge in [0.15, 0.2) is 6.54 Å². The van der Waals surface area contributed by atoms with E-state index >= 15 is 0 Å². The minimum atomic E-state index is -0.253. The minimum Gasteiger partial charge on any atom is -0.335 e. The molecule has 0 spiro atoms. The van der Waals surface area contributed by atoms with Crippen molar-refractivity contribution in [2.45, 2.75) is 0 Å². The molecule has 10 heavy (non-hydrogen) atoms. The number of hydrogen-bond acceptors (Lipinski definition) is 4. The van der Waals surface area contributed by atoms with Crippen LogP contribution in [0.15, 0.2) is 5.18 Å². The number of amides is 1. The lowest BCUT2D eigenvalue weighted by atomic mass is 10.6. The third-order valence-electron chi connectivity index (χ3n) is 0.948. The Morgan fingerprint density at radius 3 is 2.70 bits per heavy atom. The summed E-state index contributed by atoms with van der Waals surface area (Å²) in [5.74, 6) is 0.373. The molecule has 0 aromatic heterocycles. The van der Waals surface area contributed by atoms with Crippen LogP contribution in [0.5, 0.6) is 0 Å². The number of carbonyl (C=O) groups excluding carboxylic acids is 1. The molecular weight excluding hydrogens is 152 g/mol. The van der Waals surface area contributed by atoms with Gasteiger partial charge in [-0.3, -0.25) is 4.79 Å². The zero-order valence-electron chi connectivity index (χ0n) is 6.03. The summed E-state index contributed by atoms with van der Waals surface area (Å²) in [6, 6.07) is 0. The lowest BCUT2D eigenvalue weighted by molar-refractivity contribution is -0.127. The molecule has 0 aliphatic heterocycles. The van der Waals surface area contributed by atoms with Crippen molar-refractivity contribution in [3.05, 3.63) is 4.91 Å². The van der Waals surface area contributed by atoms with Gasteiger partial charge in [-0.2, -0.15) is 4.91 Å². The van der Waals surface area contributed by atoms with Gasteiger partial charge in [0.1, 0.15) is 0 Å².